The van der Waals surface area contributed by atoms with Crippen LogP contribution in [0.15, 0.2) is 30.3 Å². The summed E-state index contributed by atoms with van der Waals surface area (Å²) in [7, 11) is 0. The molecular formula is C17H22N2. The van der Waals surface area contributed by atoms with Gasteiger partial charge in [-0.2, -0.15) is 0 Å². The van der Waals surface area contributed by atoms with Crippen molar-refractivity contribution < 1.29 is 0 Å². The first kappa shape index (κ1) is 12.6. The molecule has 1 aliphatic heterocycles. The first-order chi connectivity index (χ1) is 9.22. The Hall–Kier alpha value is -1.41. The van der Waals surface area contributed by atoms with E-state index in [-0.39, 0.29) is 0 Å². The monoisotopic (exact) mass is 254 g/mol. The fourth-order valence-corrected chi connectivity index (χ4v) is 3.03. The van der Waals surface area contributed by atoms with Crippen molar-refractivity contribution in [1.29, 1.82) is 0 Å². The van der Waals surface area contributed by atoms with Gasteiger partial charge in [-0.3, -0.25) is 4.98 Å². The summed E-state index contributed by atoms with van der Waals surface area (Å²) in [5.74, 6) is 0. The lowest BCUT2D eigenvalue weighted by Gasteiger charge is -2.20. The van der Waals surface area contributed by atoms with Gasteiger partial charge in [0, 0.05) is 23.7 Å². The molecule has 1 atom stereocenters. The molecule has 0 spiro atoms. The van der Waals surface area contributed by atoms with E-state index in [1.165, 1.54) is 36.9 Å². The van der Waals surface area contributed by atoms with Crippen LogP contribution in [0.25, 0.3) is 10.9 Å². The number of fused-ring (bicyclic) bond motifs is 1. The maximum absolute atomic E-state index is 4.56. The van der Waals surface area contributed by atoms with Crippen LogP contribution >= 0.6 is 0 Å². The zero-order valence-electron chi connectivity index (χ0n) is 11.9. The van der Waals surface area contributed by atoms with Crippen LogP contribution < -0.4 is 0 Å². The van der Waals surface area contributed by atoms with Crippen LogP contribution in [-0.4, -0.2) is 29.0 Å². The van der Waals surface area contributed by atoms with Gasteiger partial charge in [0.05, 0.1) is 5.52 Å². The molecule has 100 valence electrons. The zero-order chi connectivity index (χ0) is 13.2. The van der Waals surface area contributed by atoms with Crippen LogP contribution in [0.3, 0.4) is 0 Å². The molecule has 1 aromatic carbocycles. The van der Waals surface area contributed by atoms with E-state index in [0.29, 0.717) is 0 Å². The molecular weight excluding hydrogens is 232 g/mol. The number of aromatic nitrogens is 1. The summed E-state index contributed by atoms with van der Waals surface area (Å²) >= 11 is 0. The smallest absolute Gasteiger partial charge is 0.0705 e. The molecule has 2 heterocycles. The SMILES string of the molecule is Cc1ccc2cc(CCN3CCC[C@H]3C)ccc2n1. The Labute approximate surface area is 115 Å². The van der Waals surface area contributed by atoms with Gasteiger partial charge < -0.3 is 4.90 Å². The third-order valence-corrected chi connectivity index (χ3v) is 4.27. The lowest BCUT2D eigenvalue weighted by Crippen LogP contribution is -2.28. The fourth-order valence-electron chi connectivity index (χ4n) is 3.03. The highest BCUT2D eigenvalue weighted by Gasteiger charge is 2.19. The number of nitrogens with zero attached hydrogens (tertiary/aromatic N) is 2. The summed E-state index contributed by atoms with van der Waals surface area (Å²) in [5.41, 5.74) is 3.63. The third kappa shape index (κ3) is 2.79. The first-order valence-corrected chi connectivity index (χ1v) is 7.33. The van der Waals surface area contributed by atoms with Gasteiger partial charge in [-0.25, -0.2) is 0 Å². The molecule has 0 unspecified atom stereocenters. The lowest BCUT2D eigenvalue weighted by atomic mass is 10.1. The van der Waals surface area contributed by atoms with Crippen LogP contribution in [0.1, 0.15) is 31.0 Å². The Morgan fingerprint density at radius 1 is 1.26 bits per heavy atom. The number of likely N-dealkylation sites (tertiary alicyclic amines) is 1. The van der Waals surface area contributed by atoms with E-state index in [1.807, 2.05) is 6.92 Å². The molecule has 2 aromatic rings. The summed E-state index contributed by atoms with van der Waals surface area (Å²) < 4.78 is 0. The van der Waals surface area contributed by atoms with Gasteiger partial charge in [0.25, 0.3) is 0 Å². The summed E-state index contributed by atoms with van der Waals surface area (Å²) in [5, 5.41) is 1.26. The van der Waals surface area contributed by atoms with E-state index in [9.17, 15) is 0 Å². The third-order valence-electron chi connectivity index (χ3n) is 4.27. The standard InChI is InChI=1S/C17H22N2/c1-13-5-7-16-12-15(6-8-17(16)18-13)9-11-19-10-3-4-14(19)2/h5-8,12,14H,3-4,9-11H2,1-2H3/t14-/m1/s1. The lowest BCUT2D eigenvalue weighted by molar-refractivity contribution is 0.272. The molecule has 2 heteroatoms. The summed E-state index contributed by atoms with van der Waals surface area (Å²) in [6.07, 6.45) is 3.87. The molecule has 0 bridgehead atoms. The van der Waals surface area contributed by atoms with Crippen molar-refractivity contribution in [3.63, 3.8) is 0 Å². The average molecular weight is 254 g/mol. The Morgan fingerprint density at radius 2 is 2.16 bits per heavy atom. The second-order valence-electron chi connectivity index (χ2n) is 5.76. The molecule has 3 rings (SSSR count). The van der Waals surface area contributed by atoms with Crippen LogP contribution in [0.2, 0.25) is 0 Å². The van der Waals surface area contributed by atoms with Crippen molar-refractivity contribution >= 4 is 10.9 Å². The molecule has 19 heavy (non-hydrogen) atoms. The molecule has 1 aromatic heterocycles. The van der Waals surface area contributed by atoms with E-state index >= 15 is 0 Å². The quantitative estimate of drug-likeness (QED) is 0.832. The highest BCUT2D eigenvalue weighted by Crippen LogP contribution is 2.19. The van der Waals surface area contributed by atoms with Crippen LogP contribution in [0.5, 0.6) is 0 Å². The van der Waals surface area contributed by atoms with E-state index in [1.54, 1.807) is 0 Å². The van der Waals surface area contributed by atoms with Crippen LogP contribution in [0, 0.1) is 6.92 Å². The van der Waals surface area contributed by atoms with Crippen molar-refractivity contribution in [2.75, 3.05) is 13.1 Å². The Kier molecular flexibility index (Phi) is 3.52. The van der Waals surface area contributed by atoms with Crippen molar-refractivity contribution in [2.24, 2.45) is 0 Å². The number of hydrogen-bond donors (Lipinski definition) is 0. The van der Waals surface area contributed by atoms with Crippen molar-refractivity contribution in [3.05, 3.63) is 41.6 Å². The van der Waals surface area contributed by atoms with Gasteiger partial charge in [0.15, 0.2) is 0 Å². The van der Waals surface area contributed by atoms with Gasteiger partial charge in [0.2, 0.25) is 0 Å². The maximum Gasteiger partial charge on any atom is 0.0705 e. The largest absolute Gasteiger partial charge is 0.300 e. The van der Waals surface area contributed by atoms with Gasteiger partial charge in [-0.1, -0.05) is 12.1 Å². The highest BCUT2D eigenvalue weighted by atomic mass is 15.2. The van der Waals surface area contributed by atoms with Crippen LogP contribution in [0.4, 0.5) is 0 Å². The molecule has 0 aliphatic carbocycles. The number of aryl methyl sites for hydroxylation is 1. The van der Waals surface area contributed by atoms with Crippen LogP contribution in [-0.2, 0) is 6.42 Å². The minimum atomic E-state index is 0.768. The fraction of sp³-hybridized carbons (Fsp3) is 0.471. The Bertz CT molecular complexity index is 576. The topological polar surface area (TPSA) is 16.1 Å². The maximum atomic E-state index is 4.56. The molecule has 1 aliphatic rings. The summed E-state index contributed by atoms with van der Waals surface area (Å²) in [6, 6.07) is 11.7. The normalized spacial score (nSPS) is 20.2. The van der Waals surface area contributed by atoms with Crippen molar-refractivity contribution in [2.45, 2.75) is 39.2 Å². The average Bonchev–Trinajstić information content (AvgIpc) is 2.82. The Balaban J connectivity index is 1.72. The van der Waals surface area contributed by atoms with Crippen molar-refractivity contribution in [3.8, 4) is 0 Å². The van der Waals surface area contributed by atoms with Gasteiger partial charge >= 0.3 is 0 Å². The number of rotatable bonds is 3. The van der Waals surface area contributed by atoms with E-state index in [2.05, 4.69) is 47.1 Å². The van der Waals surface area contributed by atoms with E-state index in [4.69, 9.17) is 0 Å². The molecule has 0 saturated carbocycles. The number of pyridine rings is 1. The number of hydrogen-bond acceptors (Lipinski definition) is 2. The predicted molar refractivity (Wildman–Crippen MR) is 80.5 cm³/mol. The predicted octanol–water partition coefficient (Wildman–Crippen LogP) is 3.57. The summed E-state index contributed by atoms with van der Waals surface area (Å²) in [6.45, 7) is 6.85. The van der Waals surface area contributed by atoms with Gasteiger partial charge in [-0.05, 0) is 63.4 Å². The second kappa shape index (κ2) is 5.30. The molecule has 0 N–H and O–H groups in total. The molecule has 2 nitrogen and oxygen atoms in total. The minimum absolute atomic E-state index is 0.768. The molecule has 1 saturated heterocycles. The van der Waals surface area contributed by atoms with Gasteiger partial charge in [0.1, 0.15) is 0 Å². The molecule has 0 amide bonds. The van der Waals surface area contributed by atoms with Gasteiger partial charge in [-0.15, -0.1) is 0 Å². The van der Waals surface area contributed by atoms with E-state index in [0.717, 1.165) is 23.7 Å². The Morgan fingerprint density at radius 3 is 2.95 bits per heavy atom. The summed E-state index contributed by atoms with van der Waals surface area (Å²) in [4.78, 5) is 7.16. The number of benzene rings is 1. The second-order valence-corrected chi connectivity index (χ2v) is 5.76. The van der Waals surface area contributed by atoms with Crippen molar-refractivity contribution in [1.82, 2.24) is 9.88 Å². The zero-order valence-corrected chi connectivity index (χ0v) is 11.9. The minimum Gasteiger partial charge on any atom is -0.300 e. The highest BCUT2D eigenvalue weighted by molar-refractivity contribution is 5.79. The molecule has 1 fully saturated rings. The first-order valence-electron chi connectivity index (χ1n) is 7.33. The molecule has 0 radical (unpaired) electrons. The van der Waals surface area contributed by atoms with E-state index < -0.39 is 0 Å².